The Morgan fingerprint density at radius 1 is 0.923 bits per heavy atom. The molecule has 1 aromatic heterocycles. The van der Waals surface area contributed by atoms with Gasteiger partial charge in [-0.3, -0.25) is 4.98 Å². The fraction of sp³-hybridized carbons (Fsp3) is 0.469. The van der Waals surface area contributed by atoms with Gasteiger partial charge in [0.25, 0.3) is 0 Å². The van der Waals surface area contributed by atoms with Crippen LogP contribution < -0.4 is 19.1 Å². The lowest BCUT2D eigenvalue weighted by atomic mass is 10.1. The number of ether oxygens (including phenoxy) is 3. The molecule has 0 atom stereocenters. The molecule has 0 bridgehead atoms. The van der Waals surface area contributed by atoms with Crippen molar-refractivity contribution >= 4 is 11.4 Å². The van der Waals surface area contributed by atoms with E-state index >= 15 is 0 Å². The zero-order valence-corrected chi connectivity index (χ0v) is 23.4. The van der Waals surface area contributed by atoms with Gasteiger partial charge >= 0.3 is 0 Å². The number of hydrogen-bond donors (Lipinski definition) is 0. The van der Waals surface area contributed by atoms with Crippen molar-refractivity contribution in [3.8, 4) is 17.2 Å². The van der Waals surface area contributed by atoms with Crippen LogP contribution in [0.3, 0.4) is 0 Å². The molecule has 1 aliphatic heterocycles. The highest BCUT2D eigenvalue weighted by atomic mass is 16.5. The molecule has 7 heteroatoms. The van der Waals surface area contributed by atoms with Crippen LogP contribution in [0, 0.1) is 0 Å². The summed E-state index contributed by atoms with van der Waals surface area (Å²) >= 11 is 0. The van der Waals surface area contributed by atoms with Crippen molar-refractivity contribution in [3.63, 3.8) is 0 Å². The molecular formula is C32H42N4O3. The number of piperazine rings is 1. The molecule has 0 N–H and O–H groups in total. The summed E-state index contributed by atoms with van der Waals surface area (Å²) < 4.78 is 19.1. The third kappa shape index (κ3) is 7.22. The van der Waals surface area contributed by atoms with E-state index in [4.69, 9.17) is 14.2 Å². The average Bonchev–Trinajstić information content (AvgIpc) is 3.49. The number of hydrogen-bond acceptors (Lipinski definition) is 7. The Labute approximate surface area is 233 Å². The number of benzene rings is 2. The van der Waals surface area contributed by atoms with E-state index in [0.717, 1.165) is 80.4 Å². The molecule has 7 nitrogen and oxygen atoms in total. The summed E-state index contributed by atoms with van der Waals surface area (Å²) in [6.07, 6.45) is 9.41. The largest absolute Gasteiger partial charge is 0.490 e. The van der Waals surface area contributed by atoms with Crippen molar-refractivity contribution < 1.29 is 14.2 Å². The number of para-hydroxylation sites is 1. The Bertz CT molecular complexity index is 1150. The molecule has 2 heterocycles. The second kappa shape index (κ2) is 13.7. The van der Waals surface area contributed by atoms with Crippen LogP contribution in [0.2, 0.25) is 0 Å². The number of aromatic nitrogens is 1. The monoisotopic (exact) mass is 530 g/mol. The van der Waals surface area contributed by atoms with Crippen molar-refractivity contribution in [2.45, 2.75) is 44.8 Å². The van der Waals surface area contributed by atoms with Crippen LogP contribution in [0.15, 0.2) is 67.0 Å². The predicted molar refractivity (Wildman–Crippen MR) is 156 cm³/mol. The van der Waals surface area contributed by atoms with Gasteiger partial charge in [0.2, 0.25) is 5.75 Å². The fourth-order valence-corrected chi connectivity index (χ4v) is 5.48. The van der Waals surface area contributed by atoms with Crippen molar-refractivity contribution in [1.29, 1.82) is 0 Å². The molecule has 0 unspecified atom stereocenters. The first-order valence-corrected chi connectivity index (χ1v) is 14.3. The van der Waals surface area contributed by atoms with Gasteiger partial charge in [0.05, 0.1) is 25.5 Å². The summed E-state index contributed by atoms with van der Waals surface area (Å²) in [6.45, 7) is 6.87. The number of methoxy groups -OCH3 is 1. The first-order chi connectivity index (χ1) is 19.2. The summed E-state index contributed by atoms with van der Waals surface area (Å²) in [5.74, 6) is 2.17. The average molecular weight is 531 g/mol. The third-order valence-corrected chi connectivity index (χ3v) is 7.74. The van der Waals surface area contributed by atoms with Crippen molar-refractivity contribution in [3.05, 3.63) is 72.6 Å². The zero-order valence-electron chi connectivity index (χ0n) is 23.4. The second-order valence-electron chi connectivity index (χ2n) is 10.6. The highest BCUT2D eigenvalue weighted by molar-refractivity contribution is 5.75. The SMILES string of the molecule is COc1c(OCCCN2CCN(C)CC2)ccc(N(Cc2cccnc2)c2ccccc2)c1OC1CCCC1. The summed E-state index contributed by atoms with van der Waals surface area (Å²) in [6, 6.07) is 18.7. The Balaban J connectivity index is 1.41. The summed E-state index contributed by atoms with van der Waals surface area (Å²) in [4.78, 5) is 11.5. The lowest BCUT2D eigenvalue weighted by Gasteiger charge is -2.32. The van der Waals surface area contributed by atoms with Crippen LogP contribution in [0.1, 0.15) is 37.7 Å². The number of likely N-dealkylation sites (N-methyl/N-ethyl adjacent to an activating group) is 1. The van der Waals surface area contributed by atoms with E-state index in [2.05, 4.69) is 63.1 Å². The van der Waals surface area contributed by atoms with Crippen LogP contribution in [0.5, 0.6) is 17.2 Å². The molecule has 2 fully saturated rings. The summed E-state index contributed by atoms with van der Waals surface area (Å²) in [5.41, 5.74) is 3.18. The minimum absolute atomic E-state index is 0.182. The molecule has 0 radical (unpaired) electrons. The van der Waals surface area contributed by atoms with Crippen LogP contribution in [-0.4, -0.2) is 74.4 Å². The third-order valence-electron chi connectivity index (χ3n) is 7.74. The first-order valence-electron chi connectivity index (χ1n) is 14.3. The normalized spacial score (nSPS) is 16.8. The minimum atomic E-state index is 0.182. The molecular weight excluding hydrogens is 488 g/mol. The van der Waals surface area contributed by atoms with Gasteiger partial charge in [0.15, 0.2) is 11.5 Å². The topological polar surface area (TPSA) is 50.3 Å². The molecule has 1 aliphatic carbocycles. The van der Waals surface area contributed by atoms with E-state index in [1.54, 1.807) is 7.11 Å². The minimum Gasteiger partial charge on any atom is -0.490 e. The maximum Gasteiger partial charge on any atom is 0.205 e. The number of anilines is 2. The highest BCUT2D eigenvalue weighted by Gasteiger charge is 2.26. The molecule has 3 aromatic rings. The standard InChI is InChI=1S/C32H42N4O3/c1-34-19-21-35(22-20-34)18-9-23-38-30-16-15-29(31(32(30)37-2)39-28-13-6-7-14-28)36(27-11-4-3-5-12-27)25-26-10-8-17-33-24-26/h3-5,8,10-12,15-17,24,28H,6-7,9,13-14,18-23,25H2,1-2H3. The van der Waals surface area contributed by atoms with E-state index < -0.39 is 0 Å². The number of rotatable bonds is 12. The summed E-state index contributed by atoms with van der Waals surface area (Å²) in [7, 11) is 3.91. The van der Waals surface area contributed by atoms with Gasteiger partial charge in [-0.15, -0.1) is 0 Å². The first kappa shape index (κ1) is 27.3. The molecule has 0 spiro atoms. The second-order valence-corrected chi connectivity index (χ2v) is 10.6. The van der Waals surface area contributed by atoms with Gasteiger partial charge in [0, 0.05) is 57.3 Å². The van der Waals surface area contributed by atoms with Gasteiger partial charge < -0.3 is 28.9 Å². The van der Waals surface area contributed by atoms with Gasteiger partial charge in [-0.25, -0.2) is 0 Å². The van der Waals surface area contributed by atoms with E-state index in [1.165, 1.54) is 12.8 Å². The Morgan fingerprint density at radius 2 is 1.72 bits per heavy atom. The van der Waals surface area contributed by atoms with Crippen molar-refractivity contribution in [1.82, 2.24) is 14.8 Å². The Morgan fingerprint density at radius 3 is 2.44 bits per heavy atom. The van der Waals surface area contributed by atoms with Crippen LogP contribution in [-0.2, 0) is 6.54 Å². The van der Waals surface area contributed by atoms with Gasteiger partial charge in [0.1, 0.15) is 0 Å². The van der Waals surface area contributed by atoms with Crippen LogP contribution >= 0.6 is 0 Å². The highest BCUT2D eigenvalue weighted by Crippen LogP contribution is 2.48. The molecule has 5 rings (SSSR count). The molecule has 2 aliphatic rings. The van der Waals surface area contributed by atoms with Crippen molar-refractivity contribution in [2.24, 2.45) is 0 Å². The van der Waals surface area contributed by atoms with E-state index in [-0.39, 0.29) is 6.10 Å². The molecule has 39 heavy (non-hydrogen) atoms. The van der Waals surface area contributed by atoms with E-state index in [0.29, 0.717) is 18.9 Å². The number of nitrogens with zero attached hydrogens (tertiary/aromatic N) is 4. The van der Waals surface area contributed by atoms with Crippen LogP contribution in [0.25, 0.3) is 0 Å². The molecule has 1 saturated heterocycles. The molecule has 0 amide bonds. The lowest BCUT2D eigenvalue weighted by Crippen LogP contribution is -2.44. The zero-order chi connectivity index (χ0) is 26.9. The number of pyridine rings is 1. The van der Waals surface area contributed by atoms with Gasteiger partial charge in [-0.1, -0.05) is 24.3 Å². The van der Waals surface area contributed by atoms with Crippen molar-refractivity contribution in [2.75, 3.05) is 58.4 Å². The maximum absolute atomic E-state index is 6.75. The Hall–Kier alpha value is -3.29. The van der Waals surface area contributed by atoms with Gasteiger partial charge in [-0.05, 0) is 75.0 Å². The molecule has 208 valence electrons. The fourth-order valence-electron chi connectivity index (χ4n) is 5.48. The lowest BCUT2D eigenvalue weighted by molar-refractivity contribution is 0.144. The molecule has 2 aromatic carbocycles. The molecule has 1 saturated carbocycles. The quantitative estimate of drug-likeness (QED) is 0.276. The van der Waals surface area contributed by atoms with Crippen LogP contribution in [0.4, 0.5) is 11.4 Å². The van der Waals surface area contributed by atoms with Gasteiger partial charge in [-0.2, -0.15) is 0 Å². The smallest absolute Gasteiger partial charge is 0.205 e. The maximum atomic E-state index is 6.75. The Kier molecular flexibility index (Phi) is 9.57. The summed E-state index contributed by atoms with van der Waals surface area (Å²) in [5, 5.41) is 0. The van der Waals surface area contributed by atoms with E-state index in [1.807, 2.05) is 30.6 Å². The van der Waals surface area contributed by atoms with E-state index in [9.17, 15) is 0 Å². The predicted octanol–water partition coefficient (Wildman–Crippen LogP) is 5.77.